The van der Waals surface area contributed by atoms with Crippen LogP contribution in [-0.4, -0.2) is 40.9 Å². The third-order valence-electron chi connectivity index (χ3n) is 3.06. The second-order valence-electron chi connectivity index (χ2n) is 4.72. The summed E-state index contributed by atoms with van der Waals surface area (Å²) in [6.45, 7) is 0.128. The summed E-state index contributed by atoms with van der Waals surface area (Å²) in [6.07, 6.45) is 0.290. The standard InChI is InChI=1S/C13H16N2O4S2/c14-8-3-5-11-4-1-2-6-13(11)21(18,19)15-12-7-9-20(16,17)10-12/h1-2,4,6,12,15H,7-10,14H2. The van der Waals surface area contributed by atoms with Crippen molar-refractivity contribution >= 4 is 19.9 Å². The highest BCUT2D eigenvalue weighted by molar-refractivity contribution is 7.92. The second-order valence-corrected chi connectivity index (χ2v) is 8.63. The van der Waals surface area contributed by atoms with Gasteiger partial charge in [-0.25, -0.2) is 21.6 Å². The van der Waals surface area contributed by atoms with Gasteiger partial charge >= 0.3 is 0 Å². The van der Waals surface area contributed by atoms with Crippen LogP contribution in [0.1, 0.15) is 12.0 Å². The number of nitrogens with one attached hydrogen (secondary N) is 1. The lowest BCUT2D eigenvalue weighted by atomic mass is 10.2. The highest BCUT2D eigenvalue weighted by Gasteiger charge is 2.31. The van der Waals surface area contributed by atoms with Gasteiger partial charge in [0.25, 0.3) is 0 Å². The number of hydrogen-bond acceptors (Lipinski definition) is 5. The number of sulfonamides is 1. The van der Waals surface area contributed by atoms with E-state index in [4.69, 9.17) is 5.73 Å². The molecule has 1 aliphatic rings. The van der Waals surface area contributed by atoms with Gasteiger partial charge in [-0.2, -0.15) is 0 Å². The zero-order chi connectivity index (χ0) is 15.5. The molecule has 2 rings (SSSR count). The summed E-state index contributed by atoms with van der Waals surface area (Å²) in [4.78, 5) is 0.0373. The van der Waals surface area contributed by atoms with Crippen LogP contribution in [0.15, 0.2) is 29.2 Å². The van der Waals surface area contributed by atoms with Crippen LogP contribution < -0.4 is 10.5 Å². The van der Waals surface area contributed by atoms with Crippen molar-refractivity contribution in [2.45, 2.75) is 17.4 Å². The van der Waals surface area contributed by atoms with Crippen molar-refractivity contribution in [2.75, 3.05) is 18.1 Å². The van der Waals surface area contributed by atoms with Crippen molar-refractivity contribution < 1.29 is 16.8 Å². The summed E-state index contributed by atoms with van der Waals surface area (Å²) in [5.41, 5.74) is 5.64. The van der Waals surface area contributed by atoms with Gasteiger partial charge in [0.1, 0.15) is 0 Å². The molecular formula is C13H16N2O4S2. The van der Waals surface area contributed by atoms with Gasteiger partial charge in [-0.1, -0.05) is 24.0 Å². The van der Waals surface area contributed by atoms with Crippen molar-refractivity contribution in [1.82, 2.24) is 4.72 Å². The normalized spacial score (nSPS) is 20.7. The predicted molar refractivity (Wildman–Crippen MR) is 79.8 cm³/mol. The quantitative estimate of drug-likeness (QED) is 0.725. The van der Waals surface area contributed by atoms with E-state index in [1.165, 1.54) is 6.07 Å². The molecule has 114 valence electrons. The van der Waals surface area contributed by atoms with Crippen LogP contribution in [0.4, 0.5) is 0 Å². The first-order valence-corrected chi connectivity index (χ1v) is 9.65. The van der Waals surface area contributed by atoms with E-state index >= 15 is 0 Å². The average molecular weight is 328 g/mol. The fraction of sp³-hybridized carbons (Fsp3) is 0.385. The summed E-state index contributed by atoms with van der Waals surface area (Å²) in [6, 6.07) is 5.71. The molecule has 0 radical (unpaired) electrons. The maximum absolute atomic E-state index is 12.4. The van der Waals surface area contributed by atoms with Gasteiger partial charge in [0, 0.05) is 11.6 Å². The van der Waals surface area contributed by atoms with Gasteiger partial charge in [0.15, 0.2) is 9.84 Å². The minimum atomic E-state index is -3.81. The Bertz CT molecular complexity index is 789. The van der Waals surface area contributed by atoms with Crippen LogP contribution in [0, 0.1) is 11.8 Å². The van der Waals surface area contributed by atoms with E-state index in [-0.39, 0.29) is 29.4 Å². The van der Waals surface area contributed by atoms with Crippen molar-refractivity contribution in [1.29, 1.82) is 0 Å². The Kier molecular flexibility index (Phi) is 4.68. The van der Waals surface area contributed by atoms with Crippen LogP contribution in [0.3, 0.4) is 0 Å². The Morgan fingerprint density at radius 2 is 2.05 bits per heavy atom. The minimum absolute atomic E-state index is 0.00874. The molecule has 6 nitrogen and oxygen atoms in total. The van der Waals surface area contributed by atoms with E-state index < -0.39 is 25.9 Å². The van der Waals surface area contributed by atoms with Gasteiger partial charge in [-0.15, -0.1) is 0 Å². The summed E-state index contributed by atoms with van der Waals surface area (Å²) in [5.74, 6) is 5.17. The van der Waals surface area contributed by atoms with E-state index in [2.05, 4.69) is 16.6 Å². The molecule has 1 fully saturated rings. The second kappa shape index (κ2) is 6.15. The molecule has 1 heterocycles. The molecule has 0 spiro atoms. The molecule has 21 heavy (non-hydrogen) atoms. The van der Waals surface area contributed by atoms with Crippen molar-refractivity contribution in [3.05, 3.63) is 29.8 Å². The lowest BCUT2D eigenvalue weighted by Gasteiger charge is -2.12. The molecule has 1 unspecified atom stereocenters. The smallest absolute Gasteiger partial charge is 0.242 e. The Labute approximate surface area is 124 Å². The highest BCUT2D eigenvalue weighted by Crippen LogP contribution is 2.18. The summed E-state index contributed by atoms with van der Waals surface area (Å²) in [7, 11) is -6.96. The van der Waals surface area contributed by atoms with Gasteiger partial charge in [-0.3, -0.25) is 0 Å². The summed E-state index contributed by atoms with van der Waals surface area (Å²) in [5, 5.41) is 0. The third kappa shape index (κ3) is 4.04. The zero-order valence-electron chi connectivity index (χ0n) is 11.2. The van der Waals surface area contributed by atoms with Crippen molar-refractivity contribution in [2.24, 2.45) is 5.73 Å². The minimum Gasteiger partial charge on any atom is -0.320 e. The molecule has 1 aliphatic heterocycles. The van der Waals surface area contributed by atoms with Crippen LogP contribution >= 0.6 is 0 Å². The Morgan fingerprint density at radius 1 is 1.33 bits per heavy atom. The van der Waals surface area contributed by atoms with E-state index in [9.17, 15) is 16.8 Å². The van der Waals surface area contributed by atoms with Gasteiger partial charge in [0.05, 0.1) is 22.9 Å². The third-order valence-corrected chi connectivity index (χ3v) is 6.40. The van der Waals surface area contributed by atoms with E-state index in [1.807, 2.05) is 0 Å². The van der Waals surface area contributed by atoms with Gasteiger partial charge in [-0.05, 0) is 18.6 Å². The first-order chi connectivity index (χ1) is 9.84. The predicted octanol–water partition coefficient (Wildman–Crippen LogP) is -0.538. The molecule has 1 aromatic rings. The monoisotopic (exact) mass is 328 g/mol. The number of rotatable bonds is 3. The Balaban J connectivity index is 2.28. The highest BCUT2D eigenvalue weighted by atomic mass is 32.2. The van der Waals surface area contributed by atoms with Gasteiger partial charge < -0.3 is 5.73 Å². The molecule has 3 N–H and O–H groups in total. The van der Waals surface area contributed by atoms with Crippen LogP contribution in [0.25, 0.3) is 0 Å². The van der Waals surface area contributed by atoms with Crippen LogP contribution in [0.2, 0.25) is 0 Å². The van der Waals surface area contributed by atoms with E-state index in [0.717, 1.165) is 0 Å². The fourth-order valence-electron chi connectivity index (χ4n) is 2.12. The van der Waals surface area contributed by atoms with Crippen LogP contribution in [0.5, 0.6) is 0 Å². The molecule has 1 atom stereocenters. The molecular weight excluding hydrogens is 312 g/mol. The first-order valence-electron chi connectivity index (χ1n) is 6.35. The maximum atomic E-state index is 12.4. The van der Waals surface area contributed by atoms with Gasteiger partial charge in [0.2, 0.25) is 10.0 Å². The van der Waals surface area contributed by atoms with E-state index in [0.29, 0.717) is 5.56 Å². The molecule has 0 saturated carbocycles. The molecule has 0 bridgehead atoms. The van der Waals surface area contributed by atoms with Crippen LogP contribution in [-0.2, 0) is 19.9 Å². The molecule has 1 aromatic carbocycles. The lowest BCUT2D eigenvalue weighted by molar-refractivity contribution is 0.562. The molecule has 0 aromatic heterocycles. The van der Waals surface area contributed by atoms with Crippen molar-refractivity contribution in [3.63, 3.8) is 0 Å². The Morgan fingerprint density at radius 3 is 2.67 bits per heavy atom. The SMILES string of the molecule is NCC#Cc1ccccc1S(=O)(=O)NC1CCS(=O)(=O)C1. The van der Waals surface area contributed by atoms with E-state index in [1.54, 1.807) is 18.2 Å². The number of nitrogens with two attached hydrogens (primary N) is 1. The topological polar surface area (TPSA) is 106 Å². The average Bonchev–Trinajstić information content (AvgIpc) is 2.75. The summed E-state index contributed by atoms with van der Waals surface area (Å²) >= 11 is 0. The number of benzene rings is 1. The molecule has 0 amide bonds. The zero-order valence-corrected chi connectivity index (χ0v) is 12.9. The maximum Gasteiger partial charge on any atom is 0.242 e. The Hall–Kier alpha value is -1.40. The molecule has 1 saturated heterocycles. The fourth-order valence-corrected chi connectivity index (χ4v) is 5.33. The molecule has 8 heteroatoms. The number of sulfone groups is 1. The summed E-state index contributed by atoms with van der Waals surface area (Å²) < 4.78 is 50.0. The first kappa shape index (κ1) is 16.0. The largest absolute Gasteiger partial charge is 0.320 e. The van der Waals surface area contributed by atoms with Crippen molar-refractivity contribution in [3.8, 4) is 11.8 Å². The lowest BCUT2D eigenvalue weighted by Crippen LogP contribution is -2.35. The molecule has 0 aliphatic carbocycles. The number of hydrogen-bond donors (Lipinski definition) is 2.